The van der Waals surface area contributed by atoms with Crippen molar-refractivity contribution in [2.24, 2.45) is 0 Å². The Balaban J connectivity index is 2.08. The number of fused-ring (bicyclic) bond motifs is 2. The van der Waals surface area contributed by atoms with Gasteiger partial charge in [-0.05, 0) is 28.3 Å². The molecule has 4 rings (SSSR count). The number of nitrogens with zero attached hydrogens (tertiary/aromatic N) is 1. The first-order valence-corrected chi connectivity index (χ1v) is 11.3. The van der Waals surface area contributed by atoms with E-state index in [4.69, 9.17) is 11.6 Å². The molecule has 32 heavy (non-hydrogen) atoms. The number of alkyl halides is 3. The summed E-state index contributed by atoms with van der Waals surface area (Å²) in [6.07, 6.45) is 0. The molecule has 4 nitrogen and oxygen atoms in total. The van der Waals surface area contributed by atoms with E-state index in [-0.39, 0.29) is 16.1 Å². The van der Waals surface area contributed by atoms with Gasteiger partial charge in [0.25, 0.3) is 0 Å². The van der Waals surface area contributed by atoms with Crippen molar-refractivity contribution in [1.29, 1.82) is 5.26 Å². The summed E-state index contributed by atoms with van der Waals surface area (Å²) in [4.78, 5) is 0. The molecule has 1 aliphatic rings. The molecule has 0 N–H and O–H groups in total. The minimum atomic E-state index is -5.98. The highest BCUT2D eigenvalue weighted by molar-refractivity contribution is 7.88. The number of hydrogen-bond donors (Lipinski definition) is 0. The van der Waals surface area contributed by atoms with Crippen LogP contribution in [0.3, 0.4) is 0 Å². The van der Waals surface area contributed by atoms with Gasteiger partial charge in [0, 0.05) is 17.4 Å². The van der Waals surface area contributed by atoms with Crippen LogP contribution >= 0.6 is 11.6 Å². The molecule has 0 radical (unpaired) electrons. The van der Waals surface area contributed by atoms with E-state index in [1.165, 1.54) is 0 Å². The molecule has 0 bridgehead atoms. The van der Waals surface area contributed by atoms with Crippen LogP contribution in [0, 0.1) is 11.3 Å². The highest BCUT2D eigenvalue weighted by Gasteiger charge is 2.50. The molecule has 0 saturated carbocycles. The first kappa shape index (κ1) is 22.2. The van der Waals surface area contributed by atoms with Gasteiger partial charge in [-0.1, -0.05) is 73.1 Å². The van der Waals surface area contributed by atoms with E-state index < -0.39 is 33.2 Å². The Morgan fingerprint density at radius 3 is 2.19 bits per heavy atom. The lowest BCUT2D eigenvalue weighted by molar-refractivity contribution is -0.0500. The standard InChI is InChI=1S/C23H15ClF3NO3S/c1-13-16-9-5-6-10-17(16)20(14-7-3-2-4-8-14)21-15(12-28)11-18(24)22(19(13)21)31-32(29,30)23(25,26)27/h2-11,13,20H,1H3. The molecule has 0 amide bonds. The second-order valence-electron chi connectivity index (χ2n) is 7.35. The van der Waals surface area contributed by atoms with Gasteiger partial charge in [-0.25, -0.2) is 0 Å². The highest BCUT2D eigenvalue weighted by atomic mass is 35.5. The molecule has 3 aromatic carbocycles. The number of nitriles is 1. The van der Waals surface area contributed by atoms with Gasteiger partial charge in [0.15, 0.2) is 5.75 Å². The van der Waals surface area contributed by atoms with Crippen molar-refractivity contribution in [1.82, 2.24) is 0 Å². The van der Waals surface area contributed by atoms with Gasteiger partial charge < -0.3 is 4.18 Å². The number of hydrogen-bond acceptors (Lipinski definition) is 4. The third-order valence-corrected chi connectivity index (χ3v) is 6.77. The van der Waals surface area contributed by atoms with E-state index in [9.17, 15) is 26.9 Å². The van der Waals surface area contributed by atoms with Crippen molar-refractivity contribution < 1.29 is 25.8 Å². The zero-order chi connectivity index (χ0) is 23.3. The Bertz CT molecular complexity index is 1350. The summed E-state index contributed by atoms with van der Waals surface area (Å²) in [5.74, 6) is -1.72. The van der Waals surface area contributed by atoms with E-state index in [0.717, 1.165) is 22.8 Å². The fourth-order valence-electron chi connectivity index (χ4n) is 4.21. The van der Waals surface area contributed by atoms with Crippen LogP contribution in [0.4, 0.5) is 13.2 Å². The summed E-state index contributed by atoms with van der Waals surface area (Å²) in [5, 5.41) is 9.44. The summed E-state index contributed by atoms with van der Waals surface area (Å²) < 4.78 is 67.6. The van der Waals surface area contributed by atoms with Crippen molar-refractivity contribution >= 4 is 21.7 Å². The maximum atomic E-state index is 13.1. The van der Waals surface area contributed by atoms with Gasteiger partial charge in [0.05, 0.1) is 16.7 Å². The predicted octanol–water partition coefficient (Wildman–Crippen LogP) is 6.09. The van der Waals surface area contributed by atoms with Crippen LogP contribution in [-0.4, -0.2) is 13.9 Å². The second-order valence-corrected chi connectivity index (χ2v) is 9.30. The van der Waals surface area contributed by atoms with Crippen LogP contribution in [0.25, 0.3) is 0 Å². The fourth-order valence-corrected chi connectivity index (χ4v) is 5.00. The molecule has 0 saturated heterocycles. The zero-order valence-electron chi connectivity index (χ0n) is 16.5. The third-order valence-electron chi connectivity index (χ3n) is 5.54. The molecule has 2 unspecified atom stereocenters. The molecule has 0 fully saturated rings. The van der Waals surface area contributed by atoms with Crippen LogP contribution in [0.15, 0.2) is 60.7 Å². The zero-order valence-corrected chi connectivity index (χ0v) is 18.1. The summed E-state index contributed by atoms with van der Waals surface area (Å²) in [6.45, 7) is 1.71. The number of benzene rings is 3. The monoisotopic (exact) mass is 477 g/mol. The SMILES string of the molecule is CC1c2ccccc2C(c2ccccc2)c2c(C#N)cc(Cl)c(OS(=O)(=O)C(F)(F)F)c21. The lowest BCUT2D eigenvalue weighted by Crippen LogP contribution is -2.29. The van der Waals surface area contributed by atoms with E-state index in [2.05, 4.69) is 10.3 Å². The minimum Gasteiger partial charge on any atom is -0.374 e. The maximum Gasteiger partial charge on any atom is 0.534 e. The summed E-state index contributed by atoms with van der Waals surface area (Å²) in [6, 6.07) is 19.6. The van der Waals surface area contributed by atoms with Gasteiger partial charge in [0.1, 0.15) is 0 Å². The smallest absolute Gasteiger partial charge is 0.374 e. The summed E-state index contributed by atoms with van der Waals surface area (Å²) in [7, 11) is -5.98. The summed E-state index contributed by atoms with van der Waals surface area (Å²) >= 11 is 6.18. The van der Waals surface area contributed by atoms with E-state index in [1.807, 2.05) is 48.5 Å². The van der Waals surface area contributed by atoms with Gasteiger partial charge >= 0.3 is 15.6 Å². The van der Waals surface area contributed by atoms with E-state index >= 15 is 0 Å². The quantitative estimate of drug-likeness (QED) is 0.338. The largest absolute Gasteiger partial charge is 0.534 e. The molecular formula is C23H15ClF3NO3S. The summed E-state index contributed by atoms with van der Waals surface area (Å²) in [5.41, 5.74) is -2.55. The molecule has 0 aromatic heterocycles. The highest BCUT2D eigenvalue weighted by Crippen LogP contribution is 2.52. The third kappa shape index (κ3) is 3.51. The van der Waals surface area contributed by atoms with Crippen molar-refractivity contribution in [2.75, 3.05) is 0 Å². The van der Waals surface area contributed by atoms with Gasteiger partial charge in [-0.2, -0.15) is 26.9 Å². The topological polar surface area (TPSA) is 67.2 Å². The van der Waals surface area contributed by atoms with Crippen molar-refractivity contribution in [2.45, 2.75) is 24.3 Å². The molecule has 9 heteroatoms. The Morgan fingerprint density at radius 2 is 1.59 bits per heavy atom. The van der Waals surface area contributed by atoms with Gasteiger partial charge in [0.2, 0.25) is 0 Å². The van der Waals surface area contributed by atoms with Crippen LogP contribution in [0.2, 0.25) is 5.02 Å². The Morgan fingerprint density at radius 1 is 1.00 bits per heavy atom. The predicted molar refractivity (Wildman–Crippen MR) is 113 cm³/mol. The molecule has 1 aliphatic carbocycles. The maximum absolute atomic E-state index is 13.1. The van der Waals surface area contributed by atoms with Gasteiger partial charge in [-0.3, -0.25) is 0 Å². The van der Waals surface area contributed by atoms with E-state index in [1.54, 1.807) is 13.0 Å². The molecule has 164 valence electrons. The lowest BCUT2D eigenvalue weighted by atomic mass is 9.69. The molecular weight excluding hydrogens is 463 g/mol. The fraction of sp³-hybridized carbons (Fsp3) is 0.174. The Hall–Kier alpha value is -3.02. The minimum absolute atomic E-state index is 0.136. The molecule has 0 aliphatic heterocycles. The Labute approximate surface area is 188 Å². The van der Waals surface area contributed by atoms with Crippen LogP contribution in [0.5, 0.6) is 5.75 Å². The van der Waals surface area contributed by atoms with Gasteiger partial charge in [-0.15, -0.1) is 0 Å². The van der Waals surface area contributed by atoms with Crippen molar-refractivity contribution in [3.05, 3.63) is 99.1 Å². The lowest BCUT2D eigenvalue weighted by Gasteiger charge is -2.35. The first-order valence-electron chi connectivity index (χ1n) is 9.47. The molecule has 2 atom stereocenters. The first-order chi connectivity index (χ1) is 15.1. The number of rotatable bonds is 3. The van der Waals surface area contributed by atoms with Crippen LogP contribution < -0.4 is 4.18 Å². The molecule has 0 heterocycles. The van der Waals surface area contributed by atoms with Crippen LogP contribution in [-0.2, 0) is 10.1 Å². The van der Waals surface area contributed by atoms with Crippen LogP contribution in [0.1, 0.15) is 52.1 Å². The second kappa shape index (κ2) is 7.84. The van der Waals surface area contributed by atoms with Crippen molar-refractivity contribution in [3.8, 4) is 11.8 Å². The normalized spacial score (nSPS) is 17.8. The molecule has 3 aromatic rings. The average molecular weight is 478 g/mol. The van der Waals surface area contributed by atoms with E-state index in [0.29, 0.717) is 5.56 Å². The Kier molecular flexibility index (Phi) is 5.43. The average Bonchev–Trinajstić information content (AvgIpc) is 2.75. The van der Waals surface area contributed by atoms with Crippen molar-refractivity contribution in [3.63, 3.8) is 0 Å². The number of halogens is 4. The molecule has 0 spiro atoms.